The first kappa shape index (κ1) is 24.2. The summed E-state index contributed by atoms with van der Waals surface area (Å²) in [5.41, 5.74) is 4.39. The van der Waals surface area contributed by atoms with Crippen molar-refractivity contribution < 1.29 is 9.59 Å². The number of H-pyrrole nitrogens is 1. The van der Waals surface area contributed by atoms with Crippen molar-refractivity contribution in [3.05, 3.63) is 63.4 Å². The van der Waals surface area contributed by atoms with Crippen molar-refractivity contribution in [3.8, 4) is 11.3 Å². The lowest BCUT2D eigenvalue weighted by molar-refractivity contribution is -0.116. The number of benzene rings is 2. The largest absolute Gasteiger partial charge is 0.325 e. The smallest absolute Gasteiger partial charge is 0.278 e. The van der Waals surface area contributed by atoms with Gasteiger partial charge in [0.05, 0.1) is 10.9 Å². The molecule has 0 spiro atoms. The molecule has 3 rings (SSSR count). The number of carbonyl (C=O) groups excluding carboxylic acids is 2. The SMILES string of the molecule is CCC(=O)Nc1ccc(C)cc1-c1nnc(SC(C)C(=O)Nc2cccc(C)c2C)[nH]c1=O. The molecule has 0 saturated heterocycles. The Morgan fingerprint density at radius 3 is 2.52 bits per heavy atom. The Kier molecular flexibility index (Phi) is 7.65. The molecule has 8 nitrogen and oxygen atoms in total. The summed E-state index contributed by atoms with van der Waals surface area (Å²) in [4.78, 5) is 40.0. The van der Waals surface area contributed by atoms with E-state index in [2.05, 4.69) is 25.8 Å². The van der Waals surface area contributed by atoms with Crippen molar-refractivity contribution in [1.82, 2.24) is 15.2 Å². The fraction of sp³-hybridized carbons (Fsp3) is 0.292. The van der Waals surface area contributed by atoms with Gasteiger partial charge in [-0.2, -0.15) is 0 Å². The molecule has 2 aromatic carbocycles. The quantitative estimate of drug-likeness (QED) is 0.450. The van der Waals surface area contributed by atoms with Crippen LogP contribution in [0.2, 0.25) is 0 Å². The highest BCUT2D eigenvalue weighted by Gasteiger charge is 2.19. The number of rotatable bonds is 7. The Hall–Kier alpha value is -3.46. The summed E-state index contributed by atoms with van der Waals surface area (Å²) < 4.78 is 0. The van der Waals surface area contributed by atoms with Gasteiger partial charge in [-0.15, -0.1) is 10.2 Å². The number of thioether (sulfide) groups is 1. The number of aryl methyl sites for hydroxylation is 2. The average Bonchev–Trinajstić information content (AvgIpc) is 2.78. The van der Waals surface area contributed by atoms with Crippen molar-refractivity contribution >= 4 is 35.0 Å². The highest BCUT2D eigenvalue weighted by Crippen LogP contribution is 2.27. The lowest BCUT2D eigenvalue weighted by Crippen LogP contribution is -2.24. The van der Waals surface area contributed by atoms with Crippen molar-refractivity contribution in [2.75, 3.05) is 10.6 Å². The van der Waals surface area contributed by atoms with Gasteiger partial charge in [0.15, 0.2) is 10.9 Å². The number of nitrogens with zero attached hydrogens (tertiary/aromatic N) is 2. The topological polar surface area (TPSA) is 117 Å². The third-order valence-corrected chi connectivity index (χ3v) is 6.20. The summed E-state index contributed by atoms with van der Waals surface area (Å²) >= 11 is 1.11. The van der Waals surface area contributed by atoms with Gasteiger partial charge in [-0.3, -0.25) is 19.4 Å². The summed E-state index contributed by atoms with van der Waals surface area (Å²) in [5.74, 6) is -0.371. The summed E-state index contributed by atoms with van der Waals surface area (Å²) in [7, 11) is 0. The Morgan fingerprint density at radius 2 is 1.82 bits per heavy atom. The van der Waals surface area contributed by atoms with E-state index in [9.17, 15) is 14.4 Å². The molecule has 0 fully saturated rings. The zero-order valence-electron chi connectivity index (χ0n) is 19.3. The first-order valence-electron chi connectivity index (χ1n) is 10.6. The van der Waals surface area contributed by atoms with Crippen LogP contribution in [0.1, 0.15) is 37.0 Å². The minimum Gasteiger partial charge on any atom is -0.325 e. The summed E-state index contributed by atoms with van der Waals surface area (Å²) in [6, 6.07) is 11.1. The van der Waals surface area contributed by atoms with E-state index in [1.165, 1.54) is 0 Å². The van der Waals surface area contributed by atoms with Crippen LogP contribution in [-0.2, 0) is 9.59 Å². The molecule has 0 radical (unpaired) electrons. The van der Waals surface area contributed by atoms with Gasteiger partial charge in [-0.25, -0.2) is 0 Å². The van der Waals surface area contributed by atoms with Crippen LogP contribution in [0.15, 0.2) is 46.3 Å². The second kappa shape index (κ2) is 10.4. The van der Waals surface area contributed by atoms with E-state index in [4.69, 9.17) is 0 Å². The van der Waals surface area contributed by atoms with Crippen LogP contribution < -0.4 is 16.2 Å². The zero-order chi connectivity index (χ0) is 24.1. The summed E-state index contributed by atoms with van der Waals surface area (Å²) in [6.45, 7) is 9.31. The number of aromatic amines is 1. The molecule has 172 valence electrons. The molecule has 3 aromatic rings. The van der Waals surface area contributed by atoms with Crippen molar-refractivity contribution in [2.24, 2.45) is 0 Å². The third-order valence-electron chi connectivity index (χ3n) is 5.22. The number of aromatic nitrogens is 3. The monoisotopic (exact) mass is 465 g/mol. The number of amides is 2. The van der Waals surface area contributed by atoms with E-state index in [-0.39, 0.29) is 22.7 Å². The zero-order valence-corrected chi connectivity index (χ0v) is 20.1. The molecular weight excluding hydrogens is 438 g/mol. The van der Waals surface area contributed by atoms with Gasteiger partial charge in [-0.1, -0.05) is 42.4 Å². The van der Waals surface area contributed by atoms with Crippen molar-refractivity contribution in [2.45, 2.75) is 51.4 Å². The van der Waals surface area contributed by atoms with Crippen LogP contribution in [0.4, 0.5) is 11.4 Å². The molecule has 9 heteroatoms. The van der Waals surface area contributed by atoms with Gasteiger partial charge in [0.2, 0.25) is 11.8 Å². The van der Waals surface area contributed by atoms with Crippen LogP contribution in [-0.4, -0.2) is 32.2 Å². The second-order valence-electron chi connectivity index (χ2n) is 7.76. The van der Waals surface area contributed by atoms with Crippen LogP contribution in [0, 0.1) is 20.8 Å². The molecule has 0 aliphatic heterocycles. The lowest BCUT2D eigenvalue weighted by Gasteiger charge is -2.14. The normalized spacial score (nSPS) is 11.7. The van der Waals surface area contributed by atoms with Crippen molar-refractivity contribution in [3.63, 3.8) is 0 Å². The molecule has 0 bridgehead atoms. The molecule has 1 aromatic heterocycles. The highest BCUT2D eigenvalue weighted by atomic mass is 32.2. The standard InChI is InChI=1S/C24H27N5O3S/c1-6-20(30)25-19-11-10-13(2)12-17(19)21-23(32)27-24(29-28-21)33-16(5)22(31)26-18-9-7-8-14(3)15(18)4/h7-12,16H,6H2,1-5H3,(H,25,30)(H,26,31)(H,27,29,32). The lowest BCUT2D eigenvalue weighted by atomic mass is 10.1. The van der Waals surface area contributed by atoms with Gasteiger partial charge in [0.25, 0.3) is 5.56 Å². The maximum Gasteiger partial charge on any atom is 0.278 e. The van der Waals surface area contributed by atoms with Crippen LogP contribution >= 0.6 is 11.8 Å². The van der Waals surface area contributed by atoms with Gasteiger partial charge < -0.3 is 10.6 Å². The maximum atomic E-state index is 12.8. The first-order valence-corrected chi connectivity index (χ1v) is 11.5. The molecule has 1 heterocycles. The van der Waals surface area contributed by atoms with Gasteiger partial charge >= 0.3 is 0 Å². The van der Waals surface area contributed by atoms with Crippen LogP contribution in [0.3, 0.4) is 0 Å². The first-order chi connectivity index (χ1) is 15.7. The van der Waals surface area contributed by atoms with Gasteiger partial charge in [-0.05, 0) is 57.0 Å². The fourth-order valence-corrected chi connectivity index (χ4v) is 3.84. The molecule has 3 N–H and O–H groups in total. The number of anilines is 2. The van der Waals surface area contributed by atoms with Gasteiger partial charge in [0.1, 0.15) is 0 Å². The Bertz CT molecular complexity index is 1260. The van der Waals surface area contributed by atoms with E-state index in [0.29, 0.717) is 17.7 Å². The number of carbonyl (C=O) groups is 2. The van der Waals surface area contributed by atoms with E-state index in [1.54, 1.807) is 26.0 Å². The Morgan fingerprint density at radius 1 is 1.06 bits per heavy atom. The predicted molar refractivity (Wildman–Crippen MR) is 132 cm³/mol. The molecule has 33 heavy (non-hydrogen) atoms. The fourth-order valence-electron chi connectivity index (χ4n) is 3.09. The predicted octanol–water partition coefficient (Wildman–Crippen LogP) is 4.22. The van der Waals surface area contributed by atoms with E-state index in [0.717, 1.165) is 34.1 Å². The van der Waals surface area contributed by atoms with E-state index < -0.39 is 10.8 Å². The average molecular weight is 466 g/mol. The Labute approximate surface area is 196 Å². The number of hydrogen-bond acceptors (Lipinski definition) is 6. The second-order valence-corrected chi connectivity index (χ2v) is 9.08. The molecule has 2 amide bonds. The molecule has 0 aliphatic rings. The molecule has 1 atom stereocenters. The number of nitrogens with one attached hydrogen (secondary N) is 3. The minimum atomic E-state index is -0.515. The van der Waals surface area contributed by atoms with E-state index >= 15 is 0 Å². The molecule has 0 saturated carbocycles. The minimum absolute atomic E-state index is 0.0990. The van der Waals surface area contributed by atoms with E-state index in [1.807, 2.05) is 45.0 Å². The Balaban J connectivity index is 1.79. The molecule has 1 unspecified atom stereocenters. The summed E-state index contributed by atoms with van der Waals surface area (Å²) in [5, 5.41) is 13.6. The number of hydrogen-bond donors (Lipinski definition) is 3. The van der Waals surface area contributed by atoms with Gasteiger partial charge in [0, 0.05) is 17.7 Å². The summed E-state index contributed by atoms with van der Waals surface area (Å²) in [6.07, 6.45) is 0.312. The van der Waals surface area contributed by atoms with Crippen molar-refractivity contribution in [1.29, 1.82) is 0 Å². The highest BCUT2D eigenvalue weighted by molar-refractivity contribution is 8.00. The molecule has 0 aliphatic carbocycles. The molecular formula is C24H27N5O3S. The maximum absolute atomic E-state index is 12.8. The van der Waals surface area contributed by atoms with Crippen LogP contribution in [0.5, 0.6) is 0 Å². The van der Waals surface area contributed by atoms with Crippen LogP contribution in [0.25, 0.3) is 11.3 Å². The third kappa shape index (κ3) is 5.87.